The molecule has 0 aromatic heterocycles. The van der Waals surface area contributed by atoms with Crippen molar-refractivity contribution in [2.75, 3.05) is 6.61 Å². The van der Waals surface area contributed by atoms with Gasteiger partial charge in [0, 0.05) is 10.0 Å². The van der Waals surface area contributed by atoms with E-state index in [1.54, 1.807) is 6.07 Å². The number of hydrogen-bond acceptors (Lipinski definition) is 1. The van der Waals surface area contributed by atoms with Gasteiger partial charge in [-0.1, -0.05) is 27.5 Å². The van der Waals surface area contributed by atoms with E-state index in [1.807, 2.05) is 6.92 Å². The van der Waals surface area contributed by atoms with E-state index < -0.39 is 11.4 Å². The van der Waals surface area contributed by atoms with E-state index in [1.165, 1.54) is 6.07 Å². The van der Waals surface area contributed by atoms with E-state index in [4.69, 9.17) is 16.3 Å². The molecule has 1 atom stereocenters. The molecule has 1 saturated heterocycles. The summed E-state index contributed by atoms with van der Waals surface area (Å²) in [6.07, 6.45) is 0. The average Bonchev–Trinajstić information content (AvgIpc) is 2.78. The lowest BCUT2D eigenvalue weighted by atomic mass is 10.0. The summed E-state index contributed by atoms with van der Waals surface area (Å²) in [5, 5.41) is 0.134. The van der Waals surface area contributed by atoms with Crippen LogP contribution in [0, 0.1) is 5.82 Å². The fourth-order valence-corrected chi connectivity index (χ4v) is 2.15. The summed E-state index contributed by atoms with van der Waals surface area (Å²) in [6, 6.07) is 3.25. The summed E-state index contributed by atoms with van der Waals surface area (Å²) < 4.78 is 19.4. The fourth-order valence-electron chi connectivity index (χ4n) is 1.26. The minimum atomic E-state index is -0.492. The molecule has 1 heterocycles. The molecular formula is C9H7BrClFO. The SMILES string of the molecule is CC1(c2c(Br)ccc(Cl)c2F)CO1. The molecule has 2 rings (SSSR count). The molecular weight excluding hydrogens is 258 g/mol. The van der Waals surface area contributed by atoms with E-state index in [0.717, 1.165) is 0 Å². The van der Waals surface area contributed by atoms with Crippen LogP contribution in [0.4, 0.5) is 4.39 Å². The van der Waals surface area contributed by atoms with Crippen molar-refractivity contribution in [3.8, 4) is 0 Å². The predicted octanol–water partition coefficient (Wildman–Crippen LogP) is 3.49. The van der Waals surface area contributed by atoms with Gasteiger partial charge in [-0.15, -0.1) is 0 Å². The van der Waals surface area contributed by atoms with Gasteiger partial charge in [-0.05, 0) is 19.1 Å². The molecule has 0 spiro atoms. The van der Waals surface area contributed by atoms with Crippen LogP contribution in [0.25, 0.3) is 0 Å². The van der Waals surface area contributed by atoms with Crippen LogP contribution in [0.3, 0.4) is 0 Å². The third-order valence-corrected chi connectivity index (χ3v) is 3.10. The Morgan fingerprint density at radius 3 is 2.77 bits per heavy atom. The number of ether oxygens (including phenoxy) is 1. The van der Waals surface area contributed by atoms with Crippen LogP contribution in [-0.2, 0) is 10.3 Å². The van der Waals surface area contributed by atoms with Gasteiger partial charge in [0.25, 0.3) is 0 Å². The van der Waals surface area contributed by atoms with E-state index in [9.17, 15) is 4.39 Å². The maximum Gasteiger partial charge on any atom is 0.149 e. The van der Waals surface area contributed by atoms with Gasteiger partial charge in [0.1, 0.15) is 11.4 Å². The van der Waals surface area contributed by atoms with Crippen molar-refractivity contribution in [2.24, 2.45) is 0 Å². The van der Waals surface area contributed by atoms with Gasteiger partial charge in [-0.25, -0.2) is 4.39 Å². The third-order valence-electron chi connectivity index (χ3n) is 2.15. The first-order valence-electron chi connectivity index (χ1n) is 3.82. The second-order valence-corrected chi connectivity index (χ2v) is 4.50. The van der Waals surface area contributed by atoms with Crippen molar-refractivity contribution < 1.29 is 9.13 Å². The topological polar surface area (TPSA) is 12.5 Å². The van der Waals surface area contributed by atoms with Crippen LogP contribution in [0.15, 0.2) is 16.6 Å². The lowest BCUT2D eigenvalue weighted by Crippen LogP contribution is -2.07. The molecule has 1 fully saturated rings. The van der Waals surface area contributed by atoms with E-state index in [2.05, 4.69) is 15.9 Å². The highest BCUT2D eigenvalue weighted by Crippen LogP contribution is 2.44. The second-order valence-electron chi connectivity index (χ2n) is 3.24. The van der Waals surface area contributed by atoms with Gasteiger partial charge in [-0.3, -0.25) is 0 Å². The number of rotatable bonds is 1. The molecule has 0 bridgehead atoms. The Balaban J connectivity index is 2.61. The molecule has 0 saturated carbocycles. The summed E-state index contributed by atoms with van der Waals surface area (Å²) >= 11 is 8.95. The normalized spacial score (nSPS) is 26.2. The first kappa shape index (κ1) is 9.44. The Morgan fingerprint density at radius 2 is 2.23 bits per heavy atom. The van der Waals surface area contributed by atoms with Gasteiger partial charge in [0.05, 0.1) is 11.6 Å². The van der Waals surface area contributed by atoms with Crippen molar-refractivity contribution >= 4 is 27.5 Å². The fraction of sp³-hybridized carbons (Fsp3) is 0.333. The largest absolute Gasteiger partial charge is 0.365 e. The summed E-state index contributed by atoms with van der Waals surface area (Å²) in [5.41, 5.74) is 0.0216. The van der Waals surface area contributed by atoms with Crippen molar-refractivity contribution in [3.63, 3.8) is 0 Å². The minimum Gasteiger partial charge on any atom is -0.365 e. The van der Waals surface area contributed by atoms with Crippen LogP contribution in [0.2, 0.25) is 5.02 Å². The first-order valence-corrected chi connectivity index (χ1v) is 4.99. The molecule has 1 aromatic carbocycles. The maximum absolute atomic E-state index is 13.6. The molecule has 1 aromatic rings. The van der Waals surface area contributed by atoms with Crippen molar-refractivity contribution in [3.05, 3.63) is 33.0 Å². The van der Waals surface area contributed by atoms with Gasteiger partial charge >= 0.3 is 0 Å². The zero-order valence-electron chi connectivity index (χ0n) is 6.90. The van der Waals surface area contributed by atoms with Crippen LogP contribution in [0.1, 0.15) is 12.5 Å². The Bertz CT molecular complexity index is 363. The van der Waals surface area contributed by atoms with Gasteiger partial charge in [-0.2, -0.15) is 0 Å². The van der Waals surface area contributed by atoms with Crippen LogP contribution in [-0.4, -0.2) is 6.61 Å². The number of benzene rings is 1. The number of epoxide rings is 1. The summed E-state index contributed by atoms with van der Waals surface area (Å²) in [6.45, 7) is 2.38. The third kappa shape index (κ3) is 1.49. The predicted molar refractivity (Wildman–Crippen MR) is 52.4 cm³/mol. The molecule has 1 aliphatic rings. The molecule has 1 nitrogen and oxygen atoms in total. The summed E-state index contributed by atoms with van der Waals surface area (Å²) in [5.74, 6) is -0.393. The number of hydrogen-bond donors (Lipinski definition) is 0. The van der Waals surface area contributed by atoms with Gasteiger partial charge in [0.15, 0.2) is 0 Å². The minimum absolute atomic E-state index is 0.134. The highest BCUT2D eigenvalue weighted by atomic mass is 79.9. The average molecular weight is 266 g/mol. The van der Waals surface area contributed by atoms with E-state index in [0.29, 0.717) is 16.6 Å². The number of halogens is 3. The Morgan fingerprint density at radius 1 is 1.62 bits per heavy atom. The monoisotopic (exact) mass is 264 g/mol. The maximum atomic E-state index is 13.6. The van der Waals surface area contributed by atoms with Gasteiger partial charge in [0.2, 0.25) is 0 Å². The second kappa shape index (κ2) is 2.94. The van der Waals surface area contributed by atoms with Crippen LogP contribution in [0.5, 0.6) is 0 Å². The molecule has 4 heteroatoms. The van der Waals surface area contributed by atoms with Gasteiger partial charge < -0.3 is 4.74 Å². The molecule has 1 unspecified atom stereocenters. The molecule has 70 valence electrons. The lowest BCUT2D eigenvalue weighted by molar-refractivity contribution is 0.320. The zero-order chi connectivity index (χ0) is 9.64. The molecule has 0 aliphatic carbocycles. The molecule has 13 heavy (non-hydrogen) atoms. The highest BCUT2D eigenvalue weighted by Gasteiger charge is 2.45. The van der Waals surface area contributed by atoms with E-state index in [-0.39, 0.29) is 5.02 Å². The van der Waals surface area contributed by atoms with Crippen molar-refractivity contribution in [1.29, 1.82) is 0 Å². The Hall–Kier alpha value is -0.120. The molecule has 0 N–H and O–H groups in total. The molecule has 1 aliphatic heterocycles. The smallest absolute Gasteiger partial charge is 0.149 e. The molecule has 0 amide bonds. The highest BCUT2D eigenvalue weighted by molar-refractivity contribution is 9.10. The van der Waals surface area contributed by atoms with Crippen LogP contribution < -0.4 is 0 Å². The van der Waals surface area contributed by atoms with Crippen molar-refractivity contribution in [2.45, 2.75) is 12.5 Å². The Labute approximate surface area is 89.0 Å². The van der Waals surface area contributed by atoms with E-state index >= 15 is 0 Å². The quantitative estimate of drug-likeness (QED) is 0.559. The Kier molecular flexibility index (Phi) is 2.13. The summed E-state index contributed by atoms with van der Waals surface area (Å²) in [7, 11) is 0. The van der Waals surface area contributed by atoms with Crippen LogP contribution >= 0.6 is 27.5 Å². The standard InChI is InChI=1S/C9H7BrClFO/c1-9(4-13-9)7-5(10)2-3-6(11)8(7)12/h2-3H,4H2,1H3. The lowest BCUT2D eigenvalue weighted by Gasteiger charge is -2.10. The zero-order valence-corrected chi connectivity index (χ0v) is 9.25. The molecule has 0 radical (unpaired) electrons. The van der Waals surface area contributed by atoms with Crippen molar-refractivity contribution in [1.82, 2.24) is 0 Å². The summed E-state index contributed by atoms with van der Waals surface area (Å²) in [4.78, 5) is 0. The first-order chi connectivity index (χ1) is 6.04.